The summed E-state index contributed by atoms with van der Waals surface area (Å²) in [7, 11) is 0. The van der Waals surface area contributed by atoms with Crippen LogP contribution in [0, 0.1) is 14.9 Å². The van der Waals surface area contributed by atoms with Crippen LogP contribution >= 0.6 is 22.6 Å². The average molecular weight is 361 g/mol. The zero-order chi connectivity index (χ0) is 13.2. The van der Waals surface area contributed by atoms with E-state index in [4.69, 9.17) is 5.26 Å². The second kappa shape index (κ2) is 4.93. The van der Waals surface area contributed by atoms with Crippen molar-refractivity contribution in [1.82, 2.24) is 19.5 Å². The molecule has 0 N–H and O–H groups in total. The Morgan fingerprint density at radius 2 is 1.95 bits per heavy atom. The number of halogens is 1. The van der Waals surface area contributed by atoms with Crippen molar-refractivity contribution in [2.24, 2.45) is 0 Å². The van der Waals surface area contributed by atoms with E-state index in [0.29, 0.717) is 11.8 Å². The number of aromatic nitrogens is 4. The first-order valence-corrected chi connectivity index (χ1v) is 6.68. The minimum Gasteiger partial charge on any atom is -0.263 e. The van der Waals surface area contributed by atoms with Crippen LogP contribution in [-0.2, 0) is 6.42 Å². The maximum absolute atomic E-state index is 8.91. The zero-order valence-corrected chi connectivity index (χ0v) is 11.9. The van der Waals surface area contributed by atoms with Crippen LogP contribution in [0.25, 0.3) is 17.0 Å². The summed E-state index contributed by atoms with van der Waals surface area (Å²) in [5, 5.41) is 8.91. The number of imidazole rings is 1. The second-order valence-electron chi connectivity index (χ2n) is 3.89. The Morgan fingerprint density at radius 3 is 2.68 bits per heavy atom. The lowest BCUT2D eigenvalue weighted by atomic mass is 10.3. The van der Waals surface area contributed by atoms with Gasteiger partial charge in [0.15, 0.2) is 0 Å². The van der Waals surface area contributed by atoms with Crippen molar-refractivity contribution in [3.63, 3.8) is 0 Å². The fourth-order valence-corrected chi connectivity index (χ4v) is 2.19. The molecule has 0 unspecified atom stereocenters. The van der Waals surface area contributed by atoms with E-state index in [-0.39, 0.29) is 6.42 Å². The Morgan fingerprint density at radius 1 is 1.21 bits per heavy atom. The molecule has 2 aromatic heterocycles. The van der Waals surface area contributed by atoms with Crippen molar-refractivity contribution < 1.29 is 0 Å². The Balaban J connectivity index is 2.28. The van der Waals surface area contributed by atoms with Crippen molar-refractivity contribution in [3.8, 4) is 12.0 Å². The first-order chi connectivity index (χ1) is 9.29. The Bertz CT molecular complexity index is 770. The molecule has 3 rings (SSSR count). The van der Waals surface area contributed by atoms with Crippen LogP contribution in [0.5, 0.6) is 0 Å². The highest BCUT2D eigenvalue weighted by atomic mass is 127. The highest BCUT2D eigenvalue weighted by Gasteiger charge is 2.13. The van der Waals surface area contributed by atoms with E-state index in [9.17, 15) is 0 Å². The molecule has 0 atom stereocenters. The molecule has 0 fully saturated rings. The third kappa shape index (κ3) is 2.17. The van der Waals surface area contributed by atoms with Crippen LogP contribution in [0.4, 0.5) is 0 Å². The Hall–Kier alpha value is -2.01. The maximum atomic E-state index is 8.91. The summed E-state index contributed by atoms with van der Waals surface area (Å²) in [5.41, 5.74) is 1.75. The molecule has 19 heavy (non-hydrogen) atoms. The minimum atomic E-state index is 0.226. The summed E-state index contributed by atoms with van der Waals surface area (Å²) in [4.78, 5) is 13.1. The molecule has 0 spiro atoms. The number of nitriles is 1. The molecule has 0 saturated heterocycles. The Labute approximate surface area is 123 Å². The molecule has 3 aromatic rings. The van der Waals surface area contributed by atoms with Gasteiger partial charge in [0.1, 0.15) is 5.82 Å². The number of para-hydroxylation sites is 2. The summed E-state index contributed by atoms with van der Waals surface area (Å²) in [6.45, 7) is 0. The summed E-state index contributed by atoms with van der Waals surface area (Å²) >= 11 is 2.16. The molecule has 0 bridgehead atoms. The van der Waals surface area contributed by atoms with Crippen LogP contribution in [0.3, 0.4) is 0 Å². The van der Waals surface area contributed by atoms with Crippen molar-refractivity contribution in [2.75, 3.05) is 0 Å². The molecule has 1 aromatic carbocycles. The van der Waals surface area contributed by atoms with Gasteiger partial charge in [0.2, 0.25) is 5.95 Å². The van der Waals surface area contributed by atoms with E-state index in [2.05, 4.69) is 43.6 Å². The number of nitrogens with zero attached hydrogens (tertiary/aromatic N) is 5. The lowest BCUT2D eigenvalue weighted by Gasteiger charge is -2.04. The minimum absolute atomic E-state index is 0.226. The molecule has 0 saturated carbocycles. The van der Waals surface area contributed by atoms with Gasteiger partial charge in [-0.1, -0.05) is 12.1 Å². The van der Waals surface area contributed by atoms with Gasteiger partial charge in [-0.25, -0.2) is 15.0 Å². The first-order valence-electron chi connectivity index (χ1n) is 5.61. The van der Waals surface area contributed by atoms with E-state index in [0.717, 1.165) is 14.6 Å². The molecular formula is C13H8IN5. The van der Waals surface area contributed by atoms with E-state index in [1.165, 1.54) is 0 Å². The lowest BCUT2D eigenvalue weighted by Crippen LogP contribution is -2.05. The topological polar surface area (TPSA) is 67.4 Å². The van der Waals surface area contributed by atoms with Crippen molar-refractivity contribution in [3.05, 3.63) is 46.1 Å². The zero-order valence-electron chi connectivity index (χ0n) is 9.79. The van der Waals surface area contributed by atoms with Crippen LogP contribution in [-0.4, -0.2) is 19.5 Å². The normalized spacial score (nSPS) is 10.5. The molecule has 0 aliphatic carbocycles. The van der Waals surface area contributed by atoms with Gasteiger partial charge in [-0.2, -0.15) is 5.26 Å². The highest BCUT2D eigenvalue weighted by molar-refractivity contribution is 14.1. The highest BCUT2D eigenvalue weighted by Crippen LogP contribution is 2.19. The molecule has 0 aliphatic heterocycles. The number of hydrogen-bond acceptors (Lipinski definition) is 4. The van der Waals surface area contributed by atoms with Crippen molar-refractivity contribution in [1.29, 1.82) is 5.26 Å². The van der Waals surface area contributed by atoms with Crippen LogP contribution < -0.4 is 0 Å². The largest absolute Gasteiger partial charge is 0.263 e. The lowest BCUT2D eigenvalue weighted by molar-refractivity contribution is 0.877. The molecule has 5 nitrogen and oxygen atoms in total. The van der Waals surface area contributed by atoms with E-state index < -0.39 is 0 Å². The van der Waals surface area contributed by atoms with Gasteiger partial charge in [0.25, 0.3) is 0 Å². The number of rotatable bonds is 2. The fraction of sp³-hybridized carbons (Fsp3) is 0.0769. The standard InChI is InChI=1S/C13H8IN5/c14-9-7-16-13(17-8-9)19-11-4-2-1-3-10(11)18-12(19)5-6-15/h1-4,7-8H,5H2. The smallest absolute Gasteiger partial charge is 0.235 e. The van der Waals surface area contributed by atoms with E-state index in [1.807, 2.05) is 28.8 Å². The average Bonchev–Trinajstić information content (AvgIpc) is 2.78. The van der Waals surface area contributed by atoms with Crippen LogP contribution in [0.1, 0.15) is 5.82 Å². The molecule has 0 aliphatic rings. The molecule has 2 heterocycles. The number of hydrogen-bond donors (Lipinski definition) is 0. The van der Waals surface area contributed by atoms with Crippen LogP contribution in [0.2, 0.25) is 0 Å². The monoisotopic (exact) mass is 361 g/mol. The van der Waals surface area contributed by atoms with Gasteiger partial charge in [0.05, 0.1) is 23.5 Å². The summed E-state index contributed by atoms with van der Waals surface area (Å²) in [6, 6.07) is 9.85. The third-order valence-electron chi connectivity index (χ3n) is 2.67. The fourth-order valence-electron chi connectivity index (χ4n) is 1.91. The van der Waals surface area contributed by atoms with Gasteiger partial charge >= 0.3 is 0 Å². The predicted molar refractivity (Wildman–Crippen MR) is 78.7 cm³/mol. The first kappa shape index (κ1) is 12.0. The summed E-state index contributed by atoms with van der Waals surface area (Å²) in [5.74, 6) is 1.20. The van der Waals surface area contributed by atoms with Crippen molar-refractivity contribution in [2.45, 2.75) is 6.42 Å². The van der Waals surface area contributed by atoms with Gasteiger partial charge in [-0.15, -0.1) is 0 Å². The number of benzene rings is 1. The maximum Gasteiger partial charge on any atom is 0.235 e. The third-order valence-corrected chi connectivity index (χ3v) is 3.23. The SMILES string of the molecule is N#CCc1nc2ccccc2n1-c1ncc(I)cn1. The Kier molecular flexibility index (Phi) is 3.13. The molecular weight excluding hydrogens is 353 g/mol. The molecule has 0 radical (unpaired) electrons. The summed E-state index contributed by atoms with van der Waals surface area (Å²) in [6.07, 6.45) is 3.71. The number of fused-ring (bicyclic) bond motifs is 1. The van der Waals surface area contributed by atoms with E-state index >= 15 is 0 Å². The van der Waals surface area contributed by atoms with Crippen LogP contribution in [0.15, 0.2) is 36.7 Å². The molecule has 6 heteroatoms. The predicted octanol–water partition coefficient (Wildman–Crippen LogP) is 2.49. The van der Waals surface area contributed by atoms with Crippen molar-refractivity contribution >= 4 is 33.6 Å². The van der Waals surface area contributed by atoms with Gasteiger partial charge in [-0.05, 0) is 34.7 Å². The van der Waals surface area contributed by atoms with Gasteiger partial charge in [-0.3, -0.25) is 4.57 Å². The summed E-state index contributed by atoms with van der Waals surface area (Å²) < 4.78 is 2.79. The molecule has 92 valence electrons. The van der Waals surface area contributed by atoms with Gasteiger partial charge in [0, 0.05) is 16.0 Å². The van der Waals surface area contributed by atoms with Gasteiger partial charge < -0.3 is 0 Å². The second-order valence-corrected chi connectivity index (χ2v) is 5.13. The van der Waals surface area contributed by atoms with E-state index in [1.54, 1.807) is 12.4 Å². The quantitative estimate of drug-likeness (QED) is 0.658. The molecule has 0 amide bonds.